The van der Waals surface area contributed by atoms with E-state index in [1.54, 1.807) is 5.38 Å². The molecule has 3 heterocycles. The van der Waals surface area contributed by atoms with Crippen molar-refractivity contribution in [2.24, 2.45) is 5.92 Å². The first-order valence-corrected chi connectivity index (χ1v) is 10.6. The largest absolute Gasteiger partial charge is 0.297 e. The summed E-state index contributed by atoms with van der Waals surface area (Å²) in [7, 11) is -3.23. The molecule has 0 bridgehead atoms. The molecule has 0 amide bonds. The molecule has 120 valence electrons. The van der Waals surface area contributed by atoms with Gasteiger partial charge in [0.2, 0.25) is 14.2 Å². The molecule has 0 radical (unpaired) electrons. The second kappa shape index (κ2) is 5.94. The molecule has 3 aromatic rings. The molecule has 4 rings (SSSR count). The summed E-state index contributed by atoms with van der Waals surface area (Å²) >= 11 is 2.71. The van der Waals surface area contributed by atoms with Gasteiger partial charge in [0.05, 0.1) is 16.1 Å². The lowest BCUT2D eigenvalue weighted by Gasteiger charge is -2.38. The highest BCUT2D eigenvalue weighted by atomic mass is 32.2. The molecule has 0 aliphatic carbocycles. The molecule has 1 aliphatic heterocycles. The summed E-state index contributed by atoms with van der Waals surface area (Å²) in [6.07, 6.45) is 1.54. The third-order valence-electron chi connectivity index (χ3n) is 3.99. The zero-order chi connectivity index (χ0) is 15.9. The van der Waals surface area contributed by atoms with Crippen LogP contribution in [0.15, 0.2) is 40.2 Å². The monoisotopic (exact) mass is 365 g/mol. The Kier molecular flexibility index (Phi) is 3.92. The quantitative estimate of drug-likeness (QED) is 0.695. The fraction of sp³-hybridized carbons (Fsp3) is 0.333. The SMILES string of the molecule is O=S(=O)(CC1CN(Cc2nsc3ccccc23)C1)c1nccs1. The number of sulfone groups is 1. The van der Waals surface area contributed by atoms with Crippen molar-refractivity contribution in [2.45, 2.75) is 10.9 Å². The number of aromatic nitrogens is 2. The summed E-state index contributed by atoms with van der Waals surface area (Å²) in [5, 5.41) is 2.91. The number of benzene rings is 1. The third-order valence-corrected chi connectivity index (χ3v) is 8.02. The molecule has 1 fully saturated rings. The average Bonchev–Trinajstić information content (AvgIpc) is 3.15. The van der Waals surface area contributed by atoms with E-state index < -0.39 is 9.84 Å². The molecular weight excluding hydrogens is 350 g/mol. The van der Waals surface area contributed by atoms with Crippen LogP contribution < -0.4 is 0 Å². The van der Waals surface area contributed by atoms with Gasteiger partial charge < -0.3 is 0 Å². The van der Waals surface area contributed by atoms with Crippen LogP contribution in [0.25, 0.3) is 10.1 Å². The molecule has 1 saturated heterocycles. The number of fused-ring (bicyclic) bond motifs is 1. The third kappa shape index (κ3) is 3.03. The number of hydrogen-bond acceptors (Lipinski definition) is 7. The van der Waals surface area contributed by atoms with Gasteiger partial charge in [0.25, 0.3) is 0 Å². The predicted octanol–water partition coefficient (Wildman–Crippen LogP) is 2.66. The first-order chi connectivity index (χ1) is 11.1. The van der Waals surface area contributed by atoms with Crippen molar-refractivity contribution in [1.82, 2.24) is 14.3 Å². The number of rotatable bonds is 5. The Morgan fingerprint density at radius 3 is 2.87 bits per heavy atom. The van der Waals surface area contributed by atoms with Gasteiger partial charge in [-0.25, -0.2) is 13.4 Å². The van der Waals surface area contributed by atoms with E-state index in [0.29, 0.717) is 0 Å². The fourth-order valence-electron chi connectivity index (χ4n) is 2.92. The molecule has 5 nitrogen and oxygen atoms in total. The van der Waals surface area contributed by atoms with E-state index in [-0.39, 0.29) is 16.0 Å². The molecule has 1 aromatic carbocycles. The molecule has 1 aliphatic rings. The second-order valence-electron chi connectivity index (χ2n) is 5.76. The standard InChI is InChI=1S/C15H15N3O2S3/c19-23(20,15-16-5-6-21-15)10-11-7-18(8-11)9-13-12-3-1-2-4-14(12)22-17-13/h1-6,11H,7-10H2. The molecule has 2 aromatic heterocycles. The Hall–Kier alpha value is -1.35. The Morgan fingerprint density at radius 2 is 2.09 bits per heavy atom. The molecule has 8 heteroatoms. The minimum absolute atomic E-state index is 0.189. The van der Waals surface area contributed by atoms with Crippen LogP contribution in [0.3, 0.4) is 0 Å². The number of thiazole rings is 1. The van der Waals surface area contributed by atoms with E-state index in [1.165, 1.54) is 39.2 Å². The van der Waals surface area contributed by atoms with Gasteiger partial charge >= 0.3 is 0 Å². The first kappa shape index (κ1) is 15.2. The number of nitrogens with zero attached hydrogens (tertiary/aromatic N) is 3. The van der Waals surface area contributed by atoms with Gasteiger partial charge in [0.15, 0.2) is 0 Å². The summed E-state index contributed by atoms with van der Waals surface area (Å²) in [5.41, 5.74) is 1.09. The molecular formula is C15H15N3O2S3. The lowest BCUT2D eigenvalue weighted by molar-refractivity contribution is 0.106. The highest BCUT2D eigenvalue weighted by Gasteiger charge is 2.33. The van der Waals surface area contributed by atoms with Crippen molar-refractivity contribution in [3.63, 3.8) is 0 Å². The molecule has 0 spiro atoms. The minimum Gasteiger partial charge on any atom is -0.297 e. The Balaban J connectivity index is 1.37. The van der Waals surface area contributed by atoms with Gasteiger partial charge in [0.1, 0.15) is 0 Å². The van der Waals surface area contributed by atoms with E-state index in [2.05, 4.69) is 26.4 Å². The lowest BCUT2D eigenvalue weighted by Crippen LogP contribution is -2.48. The molecule has 0 atom stereocenters. The van der Waals surface area contributed by atoms with Crippen LogP contribution in [0.1, 0.15) is 5.69 Å². The predicted molar refractivity (Wildman–Crippen MR) is 92.6 cm³/mol. The Morgan fingerprint density at radius 1 is 1.26 bits per heavy atom. The summed E-state index contributed by atoms with van der Waals surface area (Å²) in [5.74, 6) is 0.378. The van der Waals surface area contributed by atoms with Crippen molar-refractivity contribution in [3.8, 4) is 0 Å². The normalized spacial score (nSPS) is 16.7. The van der Waals surface area contributed by atoms with Crippen molar-refractivity contribution in [3.05, 3.63) is 41.5 Å². The van der Waals surface area contributed by atoms with Crippen LogP contribution in [-0.2, 0) is 16.4 Å². The van der Waals surface area contributed by atoms with Gasteiger partial charge in [-0.1, -0.05) is 18.2 Å². The van der Waals surface area contributed by atoms with Crippen LogP contribution >= 0.6 is 22.9 Å². The molecule has 0 N–H and O–H groups in total. The van der Waals surface area contributed by atoms with Gasteiger partial charge in [-0.3, -0.25) is 4.90 Å². The van der Waals surface area contributed by atoms with Crippen molar-refractivity contribution < 1.29 is 8.42 Å². The van der Waals surface area contributed by atoms with E-state index in [0.717, 1.165) is 25.3 Å². The summed E-state index contributed by atoms with van der Waals surface area (Å²) < 4.78 is 30.4. The highest BCUT2D eigenvalue weighted by Crippen LogP contribution is 2.27. The Labute approximate surface area is 142 Å². The van der Waals surface area contributed by atoms with E-state index in [1.807, 2.05) is 12.1 Å². The number of likely N-dealkylation sites (tertiary alicyclic amines) is 1. The maximum absolute atomic E-state index is 12.2. The lowest BCUT2D eigenvalue weighted by atomic mass is 10.0. The van der Waals surface area contributed by atoms with Gasteiger partial charge in [-0.05, 0) is 23.5 Å². The molecule has 0 saturated carbocycles. The van der Waals surface area contributed by atoms with Gasteiger partial charge in [-0.15, -0.1) is 11.3 Å². The maximum Gasteiger partial charge on any atom is 0.209 e. The van der Waals surface area contributed by atoms with Crippen LogP contribution in [0.2, 0.25) is 0 Å². The van der Waals surface area contributed by atoms with Crippen LogP contribution in [-0.4, -0.2) is 41.5 Å². The van der Waals surface area contributed by atoms with Gasteiger partial charge in [-0.2, -0.15) is 4.37 Å². The summed E-state index contributed by atoms with van der Waals surface area (Å²) in [6.45, 7) is 2.39. The van der Waals surface area contributed by atoms with E-state index in [9.17, 15) is 8.42 Å². The maximum atomic E-state index is 12.2. The molecule has 23 heavy (non-hydrogen) atoms. The average molecular weight is 366 g/mol. The number of hydrogen-bond donors (Lipinski definition) is 0. The van der Waals surface area contributed by atoms with Crippen LogP contribution in [0.4, 0.5) is 0 Å². The topological polar surface area (TPSA) is 63.2 Å². The van der Waals surface area contributed by atoms with Crippen molar-refractivity contribution in [2.75, 3.05) is 18.8 Å². The zero-order valence-electron chi connectivity index (χ0n) is 12.3. The first-order valence-electron chi connectivity index (χ1n) is 7.30. The zero-order valence-corrected chi connectivity index (χ0v) is 14.7. The van der Waals surface area contributed by atoms with E-state index >= 15 is 0 Å². The highest BCUT2D eigenvalue weighted by molar-refractivity contribution is 7.93. The molecule has 0 unspecified atom stereocenters. The minimum atomic E-state index is -3.23. The van der Waals surface area contributed by atoms with Crippen LogP contribution in [0, 0.1) is 5.92 Å². The van der Waals surface area contributed by atoms with Crippen molar-refractivity contribution in [1.29, 1.82) is 0 Å². The van der Waals surface area contributed by atoms with Gasteiger partial charge in [0, 0.05) is 36.6 Å². The van der Waals surface area contributed by atoms with Crippen LogP contribution in [0.5, 0.6) is 0 Å². The smallest absolute Gasteiger partial charge is 0.209 e. The second-order valence-corrected chi connectivity index (χ2v) is 9.67. The van der Waals surface area contributed by atoms with E-state index in [4.69, 9.17) is 0 Å². The summed E-state index contributed by atoms with van der Waals surface area (Å²) in [4.78, 5) is 6.18. The fourth-order valence-corrected chi connectivity index (χ4v) is 6.22. The van der Waals surface area contributed by atoms with Crippen molar-refractivity contribution >= 4 is 42.8 Å². The summed E-state index contributed by atoms with van der Waals surface area (Å²) in [6, 6.07) is 8.22. The Bertz CT molecular complexity index is 913.